The number of hydrogen-bond donors (Lipinski definition) is 1. The smallest absolute Gasteiger partial charge is 0.295 e. The predicted molar refractivity (Wildman–Crippen MR) is 119 cm³/mol. The molecule has 1 aliphatic heterocycles. The molecule has 1 amide bonds. The highest BCUT2D eigenvalue weighted by molar-refractivity contribution is 6.46. The minimum absolute atomic E-state index is 0.0652. The number of ether oxygens (including phenoxy) is 2. The van der Waals surface area contributed by atoms with Gasteiger partial charge in [0.25, 0.3) is 11.7 Å². The number of amides is 1. The van der Waals surface area contributed by atoms with Crippen LogP contribution >= 0.6 is 0 Å². The Bertz CT molecular complexity index is 1020. The molecule has 0 radical (unpaired) electrons. The van der Waals surface area contributed by atoms with Crippen molar-refractivity contribution >= 4 is 17.4 Å². The van der Waals surface area contributed by atoms with Gasteiger partial charge in [0.15, 0.2) is 0 Å². The van der Waals surface area contributed by atoms with E-state index in [4.69, 9.17) is 9.47 Å². The van der Waals surface area contributed by atoms with Gasteiger partial charge in [0.2, 0.25) is 0 Å². The number of hydrogen-bond acceptors (Lipinski definition) is 5. The minimum Gasteiger partial charge on any atom is -0.507 e. The van der Waals surface area contributed by atoms with Crippen LogP contribution in [0.2, 0.25) is 0 Å². The second-order valence-corrected chi connectivity index (χ2v) is 7.81. The summed E-state index contributed by atoms with van der Waals surface area (Å²) >= 11 is 0. The molecule has 7 heteroatoms. The maximum Gasteiger partial charge on any atom is 0.295 e. The molecule has 0 spiro atoms. The first-order chi connectivity index (χ1) is 15.3. The average molecular weight is 441 g/mol. The van der Waals surface area contributed by atoms with Crippen LogP contribution in [0.4, 0.5) is 4.39 Å². The summed E-state index contributed by atoms with van der Waals surface area (Å²) in [6, 6.07) is 11.5. The molecule has 0 saturated carbocycles. The lowest BCUT2D eigenvalue weighted by molar-refractivity contribution is -0.140. The largest absolute Gasteiger partial charge is 0.507 e. The molecule has 1 atom stereocenters. The molecule has 6 nitrogen and oxygen atoms in total. The summed E-state index contributed by atoms with van der Waals surface area (Å²) in [6.45, 7) is 6.45. The Labute approximate surface area is 187 Å². The van der Waals surface area contributed by atoms with Gasteiger partial charge in [0.05, 0.1) is 30.9 Å². The third-order valence-electron chi connectivity index (χ3n) is 5.10. The van der Waals surface area contributed by atoms with Crippen molar-refractivity contribution < 1.29 is 28.6 Å². The van der Waals surface area contributed by atoms with Gasteiger partial charge in [-0.25, -0.2) is 4.39 Å². The third-order valence-corrected chi connectivity index (χ3v) is 5.10. The standard InChI is InChI=1S/C25H28FNO5/c1-4-13-32-18-9-7-8-17(15-18)23(28)21-22(19-10-5-6-11-20(19)26)27(25(30)24(21)29)12-14-31-16(2)3/h5-11,15-16,22,28H,4,12-14H2,1-3H3/b23-21-. The van der Waals surface area contributed by atoms with E-state index in [1.165, 1.54) is 23.1 Å². The van der Waals surface area contributed by atoms with Crippen molar-refractivity contribution in [1.29, 1.82) is 0 Å². The number of ketones is 1. The van der Waals surface area contributed by atoms with Gasteiger partial charge >= 0.3 is 0 Å². The Morgan fingerprint density at radius 3 is 2.56 bits per heavy atom. The fraction of sp³-hybridized carbons (Fsp3) is 0.360. The van der Waals surface area contributed by atoms with Gasteiger partial charge < -0.3 is 19.5 Å². The van der Waals surface area contributed by atoms with Crippen molar-refractivity contribution in [3.8, 4) is 5.75 Å². The van der Waals surface area contributed by atoms with Crippen molar-refractivity contribution in [2.45, 2.75) is 39.3 Å². The maximum atomic E-state index is 14.8. The second kappa shape index (κ2) is 10.4. The second-order valence-electron chi connectivity index (χ2n) is 7.81. The lowest BCUT2D eigenvalue weighted by Crippen LogP contribution is -2.33. The number of rotatable bonds is 9. The number of halogens is 1. The predicted octanol–water partition coefficient (Wildman–Crippen LogP) is 4.46. The molecule has 0 aromatic heterocycles. The van der Waals surface area contributed by atoms with Gasteiger partial charge in [-0.05, 0) is 38.5 Å². The molecule has 170 valence electrons. The van der Waals surface area contributed by atoms with E-state index >= 15 is 0 Å². The molecule has 1 fully saturated rings. The van der Waals surface area contributed by atoms with E-state index in [0.717, 1.165) is 6.42 Å². The first-order valence-electron chi connectivity index (χ1n) is 10.7. The van der Waals surface area contributed by atoms with Crippen LogP contribution in [0.15, 0.2) is 54.1 Å². The molecular weight excluding hydrogens is 413 g/mol. The third kappa shape index (κ3) is 4.99. The molecular formula is C25H28FNO5. The van der Waals surface area contributed by atoms with Crippen LogP contribution < -0.4 is 4.74 Å². The van der Waals surface area contributed by atoms with Crippen LogP contribution in [0.1, 0.15) is 44.4 Å². The lowest BCUT2D eigenvalue weighted by atomic mass is 9.95. The molecule has 0 bridgehead atoms. The summed E-state index contributed by atoms with van der Waals surface area (Å²) in [5.74, 6) is -2.07. The zero-order valence-electron chi connectivity index (χ0n) is 18.5. The molecule has 2 aromatic rings. The van der Waals surface area contributed by atoms with E-state index in [2.05, 4.69) is 0 Å². The molecule has 1 heterocycles. The molecule has 2 aromatic carbocycles. The van der Waals surface area contributed by atoms with Gasteiger partial charge in [-0.3, -0.25) is 9.59 Å². The number of nitrogens with zero attached hydrogens (tertiary/aromatic N) is 1. The van der Waals surface area contributed by atoms with Crippen LogP contribution in [0, 0.1) is 5.82 Å². The van der Waals surface area contributed by atoms with Crippen molar-refractivity contribution in [1.82, 2.24) is 4.90 Å². The average Bonchev–Trinajstić information content (AvgIpc) is 3.02. The zero-order valence-corrected chi connectivity index (χ0v) is 18.5. The summed E-state index contributed by atoms with van der Waals surface area (Å²) in [4.78, 5) is 27.1. The fourth-order valence-electron chi connectivity index (χ4n) is 3.63. The summed E-state index contributed by atoms with van der Waals surface area (Å²) < 4.78 is 25.9. The van der Waals surface area contributed by atoms with Crippen molar-refractivity contribution in [2.75, 3.05) is 19.8 Å². The van der Waals surface area contributed by atoms with Crippen molar-refractivity contribution in [3.05, 3.63) is 71.0 Å². The summed E-state index contributed by atoms with van der Waals surface area (Å²) in [5.41, 5.74) is 0.296. The van der Waals surface area contributed by atoms with E-state index in [1.54, 1.807) is 30.3 Å². The molecule has 1 aliphatic rings. The van der Waals surface area contributed by atoms with E-state index < -0.39 is 23.5 Å². The molecule has 1 saturated heterocycles. The van der Waals surface area contributed by atoms with E-state index in [0.29, 0.717) is 17.9 Å². The Kier molecular flexibility index (Phi) is 7.64. The number of carbonyl (C=O) groups is 2. The first kappa shape index (κ1) is 23.5. The zero-order chi connectivity index (χ0) is 23.3. The maximum absolute atomic E-state index is 14.8. The Morgan fingerprint density at radius 2 is 1.88 bits per heavy atom. The number of likely N-dealkylation sites (tertiary alicyclic amines) is 1. The summed E-state index contributed by atoms with van der Waals surface area (Å²) in [7, 11) is 0. The number of benzene rings is 2. The van der Waals surface area contributed by atoms with E-state index in [-0.39, 0.29) is 36.2 Å². The van der Waals surface area contributed by atoms with Gasteiger partial charge in [0.1, 0.15) is 17.3 Å². The molecule has 1 N–H and O–H groups in total. The Balaban J connectivity index is 2.08. The summed E-state index contributed by atoms with van der Waals surface area (Å²) in [5, 5.41) is 11.1. The molecule has 3 rings (SSSR count). The number of aliphatic hydroxyl groups excluding tert-OH is 1. The number of aliphatic hydroxyl groups is 1. The van der Waals surface area contributed by atoms with Gasteiger partial charge in [-0.1, -0.05) is 37.3 Å². The quantitative estimate of drug-likeness (QED) is 0.353. The van der Waals surface area contributed by atoms with Crippen LogP contribution in [-0.2, 0) is 14.3 Å². The van der Waals surface area contributed by atoms with Crippen molar-refractivity contribution in [3.63, 3.8) is 0 Å². The molecule has 1 unspecified atom stereocenters. The number of carbonyl (C=O) groups excluding carboxylic acids is 2. The van der Waals surface area contributed by atoms with Gasteiger partial charge in [-0.15, -0.1) is 0 Å². The monoisotopic (exact) mass is 441 g/mol. The first-order valence-corrected chi connectivity index (χ1v) is 10.7. The highest BCUT2D eigenvalue weighted by Gasteiger charge is 2.46. The van der Waals surface area contributed by atoms with Gasteiger partial charge in [0, 0.05) is 17.7 Å². The number of Topliss-reactive ketones (excluding diaryl/α,β-unsaturated/α-hetero) is 1. The van der Waals surface area contributed by atoms with E-state index in [9.17, 15) is 19.1 Å². The van der Waals surface area contributed by atoms with Crippen LogP contribution in [0.5, 0.6) is 5.75 Å². The van der Waals surface area contributed by atoms with Crippen molar-refractivity contribution in [2.24, 2.45) is 0 Å². The normalized spacial score (nSPS) is 17.9. The lowest BCUT2D eigenvalue weighted by Gasteiger charge is -2.26. The molecule has 0 aliphatic carbocycles. The van der Waals surface area contributed by atoms with Crippen LogP contribution in [0.3, 0.4) is 0 Å². The highest BCUT2D eigenvalue weighted by atomic mass is 19.1. The topological polar surface area (TPSA) is 76.1 Å². The van der Waals surface area contributed by atoms with E-state index in [1.807, 2.05) is 20.8 Å². The van der Waals surface area contributed by atoms with Gasteiger partial charge in [-0.2, -0.15) is 0 Å². The Morgan fingerprint density at radius 1 is 1.12 bits per heavy atom. The fourth-order valence-corrected chi connectivity index (χ4v) is 3.63. The Hall–Kier alpha value is -3.19. The summed E-state index contributed by atoms with van der Waals surface area (Å²) in [6.07, 6.45) is 0.747. The molecule has 32 heavy (non-hydrogen) atoms. The SMILES string of the molecule is CCCOc1cccc(/C(O)=C2/C(=O)C(=O)N(CCOC(C)C)C2c2ccccc2F)c1. The van der Waals surface area contributed by atoms with Crippen LogP contribution in [-0.4, -0.2) is 47.6 Å². The minimum atomic E-state index is -1.06. The highest BCUT2D eigenvalue weighted by Crippen LogP contribution is 2.40. The van der Waals surface area contributed by atoms with Crippen LogP contribution in [0.25, 0.3) is 5.76 Å².